The van der Waals surface area contributed by atoms with Crippen molar-refractivity contribution >= 4 is 11.8 Å². The Kier molecular flexibility index (Phi) is 64.1. The standard InChI is InChI=1S/C20H36FNO.C5H8FNO.4C3H8.C2H6/c1-3-4-5-6-7-8-9-10-11-12-13-19(21)20(23)22-18-15-14-17(2)16-18;1-2-3-4(6)5(7)8;4*1-3-2;1-2/h13,17-18H,3-12,14-16H2,1-2H3,(H,22,23);3H,2H2,1H3,(H2,7,8);4*3H2,1-2H3;1-2H3/b19-13+;4-3+;;;;;/t17-,18+;;;;;;/m0....../s1. The number of rotatable bonds is 14. The number of hydrogen-bond acceptors (Lipinski definition) is 2. The zero-order chi connectivity index (χ0) is 36.3. The number of allylic oxidation sites excluding steroid dienone is 2. The minimum atomic E-state index is -0.994. The number of carbonyl (C=O) groups excluding carboxylic acids is 2. The largest absolute Gasteiger partial charge is 0.364 e. The summed E-state index contributed by atoms with van der Waals surface area (Å²) in [4.78, 5) is 21.6. The van der Waals surface area contributed by atoms with Crippen molar-refractivity contribution < 1.29 is 18.4 Å². The molecule has 0 aliphatic heterocycles. The lowest BCUT2D eigenvalue weighted by atomic mass is 10.1. The maximum atomic E-state index is 13.7. The first-order valence-electron chi connectivity index (χ1n) is 18.8. The second-order valence-electron chi connectivity index (χ2n) is 11.4. The number of amides is 2. The molecular formula is C39H82F2N2O2. The second-order valence-corrected chi connectivity index (χ2v) is 11.4. The molecule has 2 atom stereocenters. The van der Waals surface area contributed by atoms with E-state index in [1.807, 2.05) is 13.8 Å². The molecule has 3 N–H and O–H groups in total. The molecule has 0 bridgehead atoms. The highest BCUT2D eigenvalue weighted by atomic mass is 19.1. The third-order valence-corrected chi connectivity index (χ3v) is 5.50. The number of nitrogens with one attached hydrogen (secondary N) is 1. The van der Waals surface area contributed by atoms with E-state index in [2.05, 4.69) is 80.3 Å². The summed E-state index contributed by atoms with van der Waals surface area (Å²) < 4.78 is 25.7. The fourth-order valence-electron chi connectivity index (χ4n) is 3.65. The summed E-state index contributed by atoms with van der Waals surface area (Å²) >= 11 is 0. The van der Waals surface area contributed by atoms with Crippen molar-refractivity contribution in [2.75, 3.05) is 0 Å². The molecule has 1 aliphatic carbocycles. The maximum Gasteiger partial charge on any atom is 0.279 e. The Labute approximate surface area is 282 Å². The van der Waals surface area contributed by atoms with Gasteiger partial charge in [0.05, 0.1) is 0 Å². The monoisotopic (exact) mass is 649 g/mol. The number of hydrogen-bond donors (Lipinski definition) is 2. The van der Waals surface area contributed by atoms with Gasteiger partial charge in [-0.3, -0.25) is 9.59 Å². The van der Waals surface area contributed by atoms with Gasteiger partial charge in [0.2, 0.25) is 0 Å². The molecule has 6 heteroatoms. The van der Waals surface area contributed by atoms with E-state index in [0.717, 1.165) is 38.2 Å². The molecule has 1 saturated carbocycles. The Morgan fingerprint density at radius 3 is 1.38 bits per heavy atom. The summed E-state index contributed by atoms with van der Waals surface area (Å²) in [5, 5.41) is 2.81. The predicted molar refractivity (Wildman–Crippen MR) is 200 cm³/mol. The molecule has 274 valence electrons. The third kappa shape index (κ3) is 58.4. The zero-order valence-electron chi connectivity index (χ0n) is 32.7. The summed E-state index contributed by atoms with van der Waals surface area (Å²) in [7, 11) is 0. The van der Waals surface area contributed by atoms with Gasteiger partial charge in [0, 0.05) is 6.04 Å². The second kappa shape index (κ2) is 51.8. The van der Waals surface area contributed by atoms with E-state index in [1.54, 1.807) is 6.92 Å². The molecule has 1 fully saturated rings. The smallest absolute Gasteiger partial charge is 0.279 e. The average molecular weight is 649 g/mol. The number of nitrogens with two attached hydrogens (primary N) is 1. The van der Waals surface area contributed by atoms with Gasteiger partial charge in [0.1, 0.15) is 0 Å². The molecule has 45 heavy (non-hydrogen) atoms. The molecule has 1 rings (SSSR count). The van der Waals surface area contributed by atoms with Crippen LogP contribution in [0.2, 0.25) is 0 Å². The van der Waals surface area contributed by atoms with Gasteiger partial charge in [-0.15, -0.1) is 0 Å². The number of unbranched alkanes of at least 4 members (excludes halogenated alkanes) is 9. The molecule has 0 aromatic rings. The van der Waals surface area contributed by atoms with Crippen LogP contribution in [0.4, 0.5) is 8.78 Å². The molecule has 0 aromatic heterocycles. The van der Waals surface area contributed by atoms with Crippen molar-refractivity contribution in [1.82, 2.24) is 5.32 Å². The molecule has 2 amide bonds. The van der Waals surface area contributed by atoms with Gasteiger partial charge < -0.3 is 11.1 Å². The lowest BCUT2D eigenvalue weighted by Crippen LogP contribution is -2.33. The minimum Gasteiger partial charge on any atom is -0.364 e. The van der Waals surface area contributed by atoms with Crippen molar-refractivity contribution in [3.05, 3.63) is 23.8 Å². The van der Waals surface area contributed by atoms with Crippen LogP contribution in [0.3, 0.4) is 0 Å². The van der Waals surface area contributed by atoms with Gasteiger partial charge in [-0.05, 0) is 56.6 Å². The van der Waals surface area contributed by atoms with Gasteiger partial charge in [-0.2, -0.15) is 0 Å². The van der Waals surface area contributed by atoms with Gasteiger partial charge in [-0.25, -0.2) is 8.78 Å². The van der Waals surface area contributed by atoms with E-state index in [-0.39, 0.29) is 6.04 Å². The van der Waals surface area contributed by atoms with Crippen LogP contribution >= 0.6 is 0 Å². The molecule has 4 nitrogen and oxygen atoms in total. The van der Waals surface area contributed by atoms with Gasteiger partial charge >= 0.3 is 0 Å². The lowest BCUT2D eigenvalue weighted by Gasteiger charge is -2.11. The van der Waals surface area contributed by atoms with E-state index in [9.17, 15) is 18.4 Å². The summed E-state index contributed by atoms with van der Waals surface area (Å²) in [6.07, 6.45) is 23.2. The summed E-state index contributed by atoms with van der Waals surface area (Å²) in [6.45, 7) is 27.1. The number of primary amides is 1. The Hall–Kier alpha value is -1.72. The Morgan fingerprint density at radius 2 is 1.07 bits per heavy atom. The molecule has 0 unspecified atom stereocenters. The number of halogens is 2. The lowest BCUT2D eigenvalue weighted by molar-refractivity contribution is -0.119. The molecule has 0 saturated heterocycles. The fourth-order valence-corrected chi connectivity index (χ4v) is 3.65. The highest BCUT2D eigenvalue weighted by molar-refractivity contribution is 5.91. The zero-order valence-corrected chi connectivity index (χ0v) is 32.7. The SMILES string of the molecule is CC.CC/C=C(/F)C(N)=O.CCC.CCC.CCC.CCC.CCCCCCCCCCC/C=C(/F)C(=O)N[C@@H]1CC[C@H](C)C1. The van der Waals surface area contributed by atoms with Gasteiger partial charge in [-0.1, -0.05) is 167 Å². The van der Waals surface area contributed by atoms with Crippen LogP contribution in [0.5, 0.6) is 0 Å². The van der Waals surface area contributed by atoms with Gasteiger partial charge in [0.25, 0.3) is 11.8 Å². The molecule has 0 aromatic carbocycles. The molecule has 1 aliphatic rings. The predicted octanol–water partition coefficient (Wildman–Crippen LogP) is 13.5. The highest BCUT2D eigenvalue weighted by Crippen LogP contribution is 2.24. The van der Waals surface area contributed by atoms with Crippen LogP contribution in [0, 0.1) is 5.92 Å². The van der Waals surface area contributed by atoms with Crippen LogP contribution in [0.25, 0.3) is 0 Å². The number of carbonyl (C=O) groups is 2. The molecular weight excluding hydrogens is 566 g/mol. The molecule has 0 heterocycles. The summed E-state index contributed by atoms with van der Waals surface area (Å²) in [5.41, 5.74) is 4.54. The maximum absolute atomic E-state index is 13.7. The van der Waals surface area contributed by atoms with Crippen LogP contribution in [0.15, 0.2) is 23.8 Å². The Bertz CT molecular complexity index is 614. The summed E-state index contributed by atoms with van der Waals surface area (Å²) in [6, 6.07) is 0.171. The first-order valence-corrected chi connectivity index (χ1v) is 18.8. The van der Waals surface area contributed by atoms with Crippen LogP contribution in [-0.4, -0.2) is 17.9 Å². The van der Waals surface area contributed by atoms with Crippen molar-refractivity contribution in [1.29, 1.82) is 0 Å². The normalized spacial score (nSPS) is 14.8. The van der Waals surface area contributed by atoms with Crippen LogP contribution in [0.1, 0.15) is 206 Å². The third-order valence-electron chi connectivity index (χ3n) is 5.50. The van der Waals surface area contributed by atoms with Crippen LogP contribution in [-0.2, 0) is 9.59 Å². The molecule has 0 radical (unpaired) electrons. The van der Waals surface area contributed by atoms with Crippen LogP contribution < -0.4 is 11.1 Å². The first kappa shape index (κ1) is 55.7. The topological polar surface area (TPSA) is 72.2 Å². The first-order chi connectivity index (χ1) is 21.5. The Morgan fingerprint density at radius 1 is 0.667 bits per heavy atom. The van der Waals surface area contributed by atoms with E-state index >= 15 is 0 Å². The molecule has 0 spiro atoms. The summed E-state index contributed by atoms with van der Waals surface area (Å²) in [5.74, 6) is -2.31. The van der Waals surface area contributed by atoms with Crippen molar-refractivity contribution in [2.24, 2.45) is 11.7 Å². The Balaban J connectivity index is -0.000000141. The fraction of sp³-hybridized carbons (Fsp3) is 0.846. The van der Waals surface area contributed by atoms with Crippen molar-refractivity contribution in [3.8, 4) is 0 Å². The highest BCUT2D eigenvalue weighted by Gasteiger charge is 2.23. The van der Waals surface area contributed by atoms with Crippen molar-refractivity contribution in [2.45, 2.75) is 212 Å². The van der Waals surface area contributed by atoms with E-state index in [1.165, 1.54) is 76.7 Å². The minimum absolute atomic E-state index is 0.171. The van der Waals surface area contributed by atoms with E-state index < -0.39 is 23.5 Å². The quantitative estimate of drug-likeness (QED) is 0.145. The van der Waals surface area contributed by atoms with Crippen molar-refractivity contribution in [3.63, 3.8) is 0 Å². The van der Waals surface area contributed by atoms with E-state index in [0.29, 0.717) is 18.8 Å². The average Bonchev–Trinajstić information content (AvgIpc) is 3.41. The van der Waals surface area contributed by atoms with E-state index in [4.69, 9.17) is 0 Å². The van der Waals surface area contributed by atoms with Gasteiger partial charge in [0.15, 0.2) is 11.7 Å².